The van der Waals surface area contributed by atoms with Gasteiger partial charge >= 0.3 is 5.97 Å². The number of hydrogen-bond donors (Lipinski definition) is 2. The van der Waals surface area contributed by atoms with Gasteiger partial charge in [0.2, 0.25) is 15.9 Å². The molecule has 1 heterocycles. The lowest BCUT2D eigenvalue weighted by Crippen LogP contribution is -2.58. The van der Waals surface area contributed by atoms with Crippen molar-refractivity contribution in [3.05, 3.63) is 82.3 Å². The first-order chi connectivity index (χ1) is 17.6. The Labute approximate surface area is 224 Å². The van der Waals surface area contributed by atoms with E-state index >= 15 is 0 Å². The molecule has 3 aromatic carbocycles. The maximum atomic E-state index is 13.2. The number of carboxylic acid groups (broad SMARTS) is 1. The zero-order valence-corrected chi connectivity index (χ0v) is 22.1. The molecule has 0 spiro atoms. The van der Waals surface area contributed by atoms with Crippen LogP contribution in [0.2, 0.25) is 10.0 Å². The predicted octanol–water partition coefficient (Wildman–Crippen LogP) is 4.76. The zero-order valence-electron chi connectivity index (χ0n) is 19.7. The molecule has 0 radical (unpaired) electrons. The number of aliphatic carboxylic acids is 1. The summed E-state index contributed by atoms with van der Waals surface area (Å²) in [6.45, 7) is 0.133. The van der Waals surface area contributed by atoms with Crippen LogP contribution >= 0.6 is 23.2 Å². The third-order valence-corrected chi connectivity index (χ3v) is 8.45. The Kier molecular flexibility index (Phi) is 8.08. The molecule has 1 amide bonds. The number of benzene rings is 3. The molecule has 1 aliphatic rings. The maximum absolute atomic E-state index is 13.2. The highest BCUT2D eigenvalue weighted by atomic mass is 35.5. The molecule has 0 unspecified atom stereocenters. The van der Waals surface area contributed by atoms with Crippen LogP contribution in [0.3, 0.4) is 0 Å². The SMILES string of the molecule is COc1cc([C@@H](CC(=O)O)NC(=O)[C@@H]2CCN2S(=O)(=O)c2cc(Cl)cc(Cl)c2)ccc1-c1ccccc1. The number of methoxy groups -OCH3 is 1. The van der Waals surface area contributed by atoms with Gasteiger partial charge in [-0.1, -0.05) is 65.7 Å². The lowest BCUT2D eigenvalue weighted by atomic mass is 9.97. The van der Waals surface area contributed by atoms with Gasteiger partial charge in [-0.25, -0.2) is 8.42 Å². The number of nitrogens with one attached hydrogen (secondary N) is 1. The van der Waals surface area contributed by atoms with Gasteiger partial charge in [0, 0.05) is 22.2 Å². The quantitative estimate of drug-likeness (QED) is 0.388. The standard InChI is InChI=1S/C26H24Cl2N2O6S/c1-36-24-11-17(7-8-21(24)16-5-3-2-4-6-16)22(15-25(31)32)29-26(33)23-9-10-30(23)37(34,35)20-13-18(27)12-19(28)14-20/h2-8,11-14,22-23H,9-10,15H2,1H3,(H,29,33)(H,31,32)/t22-,23+/m1/s1. The van der Waals surface area contributed by atoms with Crippen LogP contribution in [0.5, 0.6) is 5.75 Å². The van der Waals surface area contributed by atoms with Crippen LogP contribution in [0.25, 0.3) is 11.1 Å². The van der Waals surface area contributed by atoms with Gasteiger partial charge in [0.25, 0.3) is 0 Å². The van der Waals surface area contributed by atoms with E-state index in [9.17, 15) is 23.1 Å². The van der Waals surface area contributed by atoms with Crippen molar-refractivity contribution in [3.8, 4) is 16.9 Å². The van der Waals surface area contributed by atoms with Gasteiger partial charge in [0.1, 0.15) is 11.8 Å². The number of amides is 1. The summed E-state index contributed by atoms with van der Waals surface area (Å²) in [6, 6.07) is 16.8. The molecule has 0 bridgehead atoms. The van der Waals surface area contributed by atoms with Crippen molar-refractivity contribution in [2.75, 3.05) is 13.7 Å². The van der Waals surface area contributed by atoms with Crippen molar-refractivity contribution in [1.29, 1.82) is 0 Å². The Balaban J connectivity index is 1.58. The van der Waals surface area contributed by atoms with E-state index in [1.807, 2.05) is 30.3 Å². The Morgan fingerprint density at radius 2 is 1.76 bits per heavy atom. The first-order valence-electron chi connectivity index (χ1n) is 11.3. The zero-order chi connectivity index (χ0) is 26.7. The second-order valence-electron chi connectivity index (χ2n) is 8.51. The van der Waals surface area contributed by atoms with Crippen molar-refractivity contribution >= 4 is 45.1 Å². The van der Waals surface area contributed by atoms with E-state index in [2.05, 4.69) is 5.32 Å². The van der Waals surface area contributed by atoms with Crippen molar-refractivity contribution in [1.82, 2.24) is 9.62 Å². The van der Waals surface area contributed by atoms with Gasteiger partial charge < -0.3 is 15.2 Å². The number of rotatable bonds is 9. The normalized spacial score (nSPS) is 16.5. The van der Waals surface area contributed by atoms with E-state index in [1.165, 1.54) is 25.3 Å². The summed E-state index contributed by atoms with van der Waals surface area (Å²) in [4.78, 5) is 24.7. The number of hydrogen-bond acceptors (Lipinski definition) is 5. The van der Waals surface area contributed by atoms with Crippen LogP contribution in [0.1, 0.15) is 24.4 Å². The highest BCUT2D eigenvalue weighted by Gasteiger charge is 2.43. The minimum Gasteiger partial charge on any atom is -0.496 e. The molecule has 1 fully saturated rings. The first-order valence-corrected chi connectivity index (χ1v) is 13.5. The van der Waals surface area contributed by atoms with E-state index in [0.717, 1.165) is 15.4 Å². The Bertz CT molecular complexity index is 1410. The molecule has 2 N–H and O–H groups in total. The monoisotopic (exact) mass is 562 g/mol. The number of carbonyl (C=O) groups is 2. The summed E-state index contributed by atoms with van der Waals surface area (Å²) in [5.41, 5.74) is 2.24. The summed E-state index contributed by atoms with van der Waals surface area (Å²) in [6.07, 6.45) is -0.113. The van der Waals surface area contributed by atoms with Crippen molar-refractivity contribution in [2.24, 2.45) is 0 Å². The Hall–Kier alpha value is -3.11. The molecule has 194 valence electrons. The summed E-state index contributed by atoms with van der Waals surface area (Å²) >= 11 is 11.9. The second kappa shape index (κ2) is 11.1. The molecule has 37 heavy (non-hydrogen) atoms. The lowest BCUT2D eigenvalue weighted by molar-refractivity contribution is -0.138. The molecular formula is C26H24Cl2N2O6S. The van der Waals surface area contributed by atoms with Gasteiger partial charge in [-0.15, -0.1) is 0 Å². The summed E-state index contributed by atoms with van der Waals surface area (Å²) < 4.78 is 32.9. The molecule has 1 aliphatic heterocycles. The molecule has 0 aromatic heterocycles. The van der Waals surface area contributed by atoms with E-state index < -0.39 is 40.4 Å². The minimum absolute atomic E-state index is 0.120. The third kappa shape index (κ3) is 5.91. The van der Waals surface area contributed by atoms with E-state index in [0.29, 0.717) is 11.3 Å². The van der Waals surface area contributed by atoms with Gasteiger partial charge in [-0.2, -0.15) is 4.31 Å². The minimum atomic E-state index is -4.04. The number of halogens is 2. The molecule has 8 nitrogen and oxygen atoms in total. The molecule has 2 atom stereocenters. The average molecular weight is 563 g/mol. The average Bonchev–Trinajstić information content (AvgIpc) is 2.82. The Morgan fingerprint density at radius 1 is 1.08 bits per heavy atom. The van der Waals surface area contributed by atoms with Crippen molar-refractivity contribution in [2.45, 2.75) is 29.8 Å². The summed E-state index contributed by atoms with van der Waals surface area (Å²) in [7, 11) is -2.54. The number of ether oxygens (including phenoxy) is 1. The summed E-state index contributed by atoms with van der Waals surface area (Å²) in [5, 5.41) is 12.5. The third-order valence-electron chi connectivity index (χ3n) is 6.12. The lowest BCUT2D eigenvalue weighted by Gasteiger charge is -2.39. The molecule has 1 saturated heterocycles. The van der Waals surface area contributed by atoms with Gasteiger partial charge in [0.15, 0.2) is 0 Å². The van der Waals surface area contributed by atoms with Crippen LogP contribution in [-0.2, 0) is 19.6 Å². The molecule has 11 heteroatoms. The highest BCUT2D eigenvalue weighted by molar-refractivity contribution is 7.89. The van der Waals surface area contributed by atoms with Gasteiger partial charge in [-0.05, 0) is 41.8 Å². The molecule has 0 saturated carbocycles. The number of carboxylic acids is 1. The summed E-state index contributed by atoms with van der Waals surface area (Å²) in [5.74, 6) is -1.21. The molecular weight excluding hydrogens is 539 g/mol. The van der Waals surface area contributed by atoms with Gasteiger partial charge in [0.05, 0.1) is 24.5 Å². The fourth-order valence-corrected chi connectivity index (χ4v) is 6.56. The topological polar surface area (TPSA) is 113 Å². The predicted molar refractivity (Wildman–Crippen MR) is 140 cm³/mol. The molecule has 4 rings (SSSR count). The van der Waals surface area contributed by atoms with Crippen LogP contribution in [0.4, 0.5) is 0 Å². The number of sulfonamides is 1. The fourth-order valence-electron chi connectivity index (χ4n) is 4.20. The highest BCUT2D eigenvalue weighted by Crippen LogP contribution is 2.34. The van der Waals surface area contributed by atoms with Crippen LogP contribution in [0.15, 0.2) is 71.6 Å². The van der Waals surface area contributed by atoms with Crippen molar-refractivity contribution < 1.29 is 27.9 Å². The van der Waals surface area contributed by atoms with Crippen LogP contribution in [0, 0.1) is 0 Å². The van der Waals surface area contributed by atoms with Crippen molar-refractivity contribution in [3.63, 3.8) is 0 Å². The first kappa shape index (κ1) is 26.9. The number of nitrogens with zero attached hydrogens (tertiary/aromatic N) is 1. The van der Waals surface area contributed by atoms with E-state index in [-0.39, 0.29) is 27.9 Å². The maximum Gasteiger partial charge on any atom is 0.305 e. The second-order valence-corrected chi connectivity index (χ2v) is 11.3. The smallest absolute Gasteiger partial charge is 0.305 e. The molecule has 0 aliphatic carbocycles. The van der Waals surface area contributed by atoms with Crippen LogP contribution < -0.4 is 10.1 Å². The van der Waals surface area contributed by atoms with E-state index in [1.54, 1.807) is 18.2 Å². The molecule has 3 aromatic rings. The van der Waals surface area contributed by atoms with Gasteiger partial charge in [-0.3, -0.25) is 9.59 Å². The number of carbonyl (C=O) groups excluding carboxylic acids is 1. The van der Waals surface area contributed by atoms with Crippen LogP contribution in [-0.4, -0.2) is 49.4 Å². The largest absolute Gasteiger partial charge is 0.496 e. The van der Waals surface area contributed by atoms with E-state index in [4.69, 9.17) is 27.9 Å². The Morgan fingerprint density at radius 3 is 2.32 bits per heavy atom. The fraction of sp³-hybridized carbons (Fsp3) is 0.231.